The van der Waals surface area contributed by atoms with Gasteiger partial charge in [-0.25, -0.2) is 4.39 Å². The third-order valence-electron chi connectivity index (χ3n) is 2.90. The van der Waals surface area contributed by atoms with E-state index < -0.39 is 6.17 Å². The molecule has 1 aromatic rings. The SMILES string of the molecule is COc1cc(C(C)CN)c(OC)cc1C(C)F. The molecule has 2 unspecified atom stereocenters. The predicted molar refractivity (Wildman–Crippen MR) is 66.5 cm³/mol. The van der Waals surface area contributed by atoms with Crippen molar-refractivity contribution >= 4 is 0 Å². The lowest BCUT2D eigenvalue weighted by Gasteiger charge is -2.18. The predicted octanol–water partition coefficient (Wildman–Crippen LogP) is 2.80. The molecule has 0 spiro atoms. The zero-order valence-corrected chi connectivity index (χ0v) is 10.8. The highest BCUT2D eigenvalue weighted by Gasteiger charge is 2.18. The molecule has 0 aliphatic carbocycles. The maximum absolute atomic E-state index is 13.5. The smallest absolute Gasteiger partial charge is 0.126 e. The lowest BCUT2D eigenvalue weighted by Crippen LogP contribution is -2.11. The number of rotatable bonds is 5. The summed E-state index contributed by atoms with van der Waals surface area (Å²) >= 11 is 0. The standard InChI is InChI=1S/C13H20FNO2/c1-8(7-15)10-5-13(17-4)11(9(2)14)6-12(10)16-3/h5-6,8-9H,7,15H2,1-4H3. The molecule has 96 valence electrons. The van der Waals surface area contributed by atoms with Crippen LogP contribution >= 0.6 is 0 Å². The van der Waals surface area contributed by atoms with Crippen LogP contribution in [0.15, 0.2) is 12.1 Å². The van der Waals surface area contributed by atoms with Crippen LogP contribution in [0.1, 0.15) is 37.1 Å². The van der Waals surface area contributed by atoms with E-state index in [4.69, 9.17) is 15.2 Å². The highest BCUT2D eigenvalue weighted by atomic mass is 19.1. The van der Waals surface area contributed by atoms with Crippen molar-refractivity contribution in [2.24, 2.45) is 5.73 Å². The van der Waals surface area contributed by atoms with Gasteiger partial charge in [0.05, 0.1) is 14.2 Å². The molecule has 0 aliphatic heterocycles. The van der Waals surface area contributed by atoms with Gasteiger partial charge in [0.15, 0.2) is 0 Å². The van der Waals surface area contributed by atoms with Gasteiger partial charge in [-0.15, -0.1) is 0 Å². The van der Waals surface area contributed by atoms with E-state index in [1.165, 1.54) is 14.0 Å². The van der Waals surface area contributed by atoms with Gasteiger partial charge < -0.3 is 15.2 Å². The maximum atomic E-state index is 13.5. The number of hydrogen-bond donors (Lipinski definition) is 1. The van der Waals surface area contributed by atoms with Crippen molar-refractivity contribution in [3.05, 3.63) is 23.3 Å². The average Bonchev–Trinajstić information content (AvgIpc) is 2.35. The summed E-state index contributed by atoms with van der Waals surface area (Å²) in [7, 11) is 3.10. The van der Waals surface area contributed by atoms with Crippen LogP contribution in [0.5, 0.6) is 11.5 Å². The van der Waals surface area contributed by atoms with Gasteiger partial charge in [-0.2, -0.15) is 0 Å². The molecular weight excluding hydrogens is 221 g/mol. The molecule has 0 amide bonds. The lowest BCUT2D eigenvalue weighted by molar-refractivity contribution is 0.341. The molecule has 0 aromatic heterocycles. The lowest BCUT2D eigenvalue weighted by atomic mass is 9.96. The summed E-state index contributed by atoms with van der Waals surface area (Å²) < 4.78 is 23.9. The van der Waals surface area contributed by atoms with Crippen LogP contribution < -0.4 is 15.2 Å². The normalized spacial score (nSPS) is 14.2. The molecule has 1 rings (SSSR count). The van der Waals surface area contributed by atoms with Gasteiger partial charge in [0, 0.05) is 11.1 Å². The number of nitrogens with two attached hydrogens (primary N) is 1. The molecule has 4 heteroatoms. The summed E-state index contributed by atoms with van der Waals surface area (Å²) in [6.45, 7) is 3.98. The Morgan fingerprint density at radius 1 is 1.12 bits per heavy atom. The number of alkyl halides is 1. The van der Waals surface area contributed by atoms with Gasteiger partial charge in [-0.3, -0.25) is 0 Å². The van der Waals surface area contributed by atoms with Crippen LogP contribution in [0.2, 0.25) is 0 Å². The first-order chi connectivity index (χ1) is 8.04. The molecule has 3 nitrogen and oxygen atoms in total. The minimum Gasteiger partial charge on any atom is -0.496 e. The van der Waals surface area contributed by atoms with Gasteiger partial charge in [-0.1, -0.05) is 6.92 Å². The monoisotopic (exact) mass is 241 g/mol. The molecule has 0 radical (unpaired) electrons. The van der Waals surface area contributed by atoms with Crippen molar-refractivity contribution in [3.63, 3.8) is 0 Å². The summed E-state index contributed by atoms with van der Waals surface area (Å²) in [5.74, 6) is 1.34. The second kappa shape index (κ2) is 5.87. The Bertz CT molecular complexity index is 380. The zero-order chi connectivity index (χ0) is 13.0. The fraction of sp³-hybridized carbons (Fsp3) is 0.538. The first kappa shape index (κ1) is 13.8. The van der Waals surface area contributed by atoms with Crippen molar-refractivity contribution in [1.82, 2.24) is 0 Å². The van der Waals surface area contributed by atoms with Crippen molar-refractivity contribution < 1.29 is 13.9 Å². The molecule has 0 fully saturated rings. The third-order valence-corrected chi connectivity index (χ3v) is 2.90. The quantitative estimate of drug-likeness (QED) is 0.862. The molecule has 0 saturated carbocycles. The first-order valence-corrected chi connectivity index (χ1v) is 5.65. The summed E-state index contributed by atoms with van der Waals surface area (Å²) in [4.78, 5) is 0. The van der Waals surface area contributed by atoms with Gasteiger partial charge >= 0.3 is 0 Å². The maximum Gasteiger partial charge on any atom is 0.126 e. The highest BCUT2D eigenvalue weighted by molar-refractivity contribution is 5.48. The Balaban J connectivity index is 3.32. The number of methoxy groups -OCH3 is 2. The van der Waals surface area contributed by atoms with E-state index in [2.05, 4.69) is 0 Å². The summed E-state index contributed by atoms with van der Waals surface area (Å²) in [6, 6.07) is 3.49. The van der Waals surface area contributed by atoms with Gasteiger partial charge in [0.25, 0.3) is 0 Å². The van der Waals surface area contributed by atoms with Gasteiger partial charge in [0.1, 0.15) is 17.7 Å². The highest BCUT2D eigenvalue weighted by Crippen LogP contribution is 2.37. The summed E-state index contributed by atoms with van der Waals surface area (Å²) in [5.41, 5.74) is 7.09. The molecule has 0 bridgehead atoms. The van der Waals surface area contributed by atoms with Crippen LogP contribution in [0.25, 0.3) is 0 Å². The number of hydrogen-bond acceptors (Lipinski definition) is 3. The largest absolute Gasteiger partial charge is 0.496 e. The minimum atomic E-state index is -1.10. The van der Waals surface area contributed by atoms with Gasteiger partial charge in [0.2, 0.25) is 0 Å². The Morgan fingerprint density at radius 2 is 1.59 bits per heavy atom. The van der Waals surface area contributed by atoms with Crippen molar-refractivity contribution in [3.8, 4) is 11.5 Å². The molecule has 0 aliphatic rings. The molecule has 2 atom stereocenters. The van der Waals surface area contributed by atoms with Crippen LogP contribution in [-0.4, -0.2) is 20.8 Å². The van der Waals surface area contributed by atoms with E-state index >= 15 is 0 Å². The number of benzene rings is 1. The van der Waals surface area contributed by atoms with Crippen LogP contribution in [-0.2, 0) is 0 Å². The number of ether oxygens (including phenoxy) is 2. The Morgan fingerprint density at radius 3 is 2.00 bits per heavy atom. The van der Waals surface area contributed by atoms with Crippen molar-refractivity contribution in [2.45, 2.75) is 25.9 Å². The van der Waals surface area contributed by atoms with E-state index in [-0.39, 0.29) is 5.92 Å². The number of halogens is 1. The summed E-state index contributed by atoms with van der Waals surface area (Å²) in [6.07, 6.45) is -1.10. The molecule has 2 N–H and O–H groups in total. The van der Waals surface area contributed by atoms with Crippen LogP contribution in [0.4, 0.5) is 4.39 Å². The minimum absolute atomic E-state index is 0.141. The average molecular weight is 241 g/mol. The van der Waals surface area contributed by atoms with E-state index in [1.54, 1.807) is 13.2 Å². The van der Waals surface area contributed by atoms with E-state index in [0.29, 0.717) is 23.6 Å². The second-order valence-corrected chi connectivity index (χ2v) is 4.09. The fourth-order valence-corrected chi connectivity index (χ4v) is 1.77. The van der Waals surface area contributed by atoms with Crippen LogP contribution in [0.3, 0.4) is 0 Å². The van der Waals surface area contributed by atoms with Crippen molar-refractivity contribution in [2.75, 3.05) is 20.8 Å². The van der Waals surface area contributed by atoms with E-state index in [0.717, 1.165) is 5.56 Å². The first-order valence-electron chi connectivity index (χ1n) is 5.65. The van der Waals surface area contributed by atoms with Gasteiger partial charge in [-0.05, 0) is 31.5 Å². The molecule has 17 heavy (non-hydrogen) atoms. The van der Waals surface area contributed by atoms with E-state index in [9.17, 15) is 4.39 Å². The Kier molecular flexibility index (Phi) is 4.75. The fourth-order valence-electron chi connectivity index (χ4n) is 1.77. The zero-order valence-electron chi connectivity index (χ0n) is 10.8. The topological polar surface area (TPSA) is 44.5 Å². The third kappa shape index (κ3) is 2.88. The molecule has 0 heterocycles. The Hall–Kier alpha value is -1.29. The Labute approximate surface area is 102 Å². The second-order valence-electron chi connectivity index (χ2n) is 4.09. The van der Waals surface area contributed by atoms with Crippen molar-refractivity contribution in [1.29, 1.82) is 0 Å². The van der Waals surface area contributed by atoms with E-state index in [1.807, 2.05) is 13.0 Å². The molecule has 0 saturated heterocycles. The summed E-state index contributed by atoms with van der Waals surface area (Å²) in [5, 5.41) is 0. The molecule has 1 aromatic carbocycles. The molecular formula is C13H20FNO2. The van der Waals surface area contributed by atoms with Crippen LogP contribution in [0, 0.1) is 0 Å².